The van der Waals surface area contributed by atoms with E-state index in [9.17, 15) is 13.6 Å². The van der Waals surface area contributed by atoms with Gasteiger partial charge >= 0.3 is 0 Å². The molecule has 0 heterocycles. The molecule has 1 rings (SSSR count). The highest BCUT2D eigenvalue weighted by molar-refractivity contribution is 5.85. The average Bonchev–Trinajstić information content (AvgIpc) is 2.15. The van der Waals surface area contributed by atoms with Crippen LogP contribution in [0.2, 0.25) is 0 Å². The molecule has 88 valence electrons. The highest BCUT2D eigenvalue weighted by Gasteiger charge is 2.22. The molecule has 0 saturated heterocycles. The van der Waals surface area contributed by atoms with E-state index >= 15 is 0 Å². The lowest BCUT2D eigenvalue weighted by molar-refractivity contribution is -0.128. The Balaban J connectivity index is 2.73. The third-order valence-corrected chi connectivity index (χ3v) is 2.10. The molecule has 0 amide bonds. The lowest BCUT2D eigenvalue weighted by atomic mass is 9.91. The predicted octanol–water partition coefficient (Wildman–Crippen LogP) is 2.96. The van der Waals surface area contributed by atoms with Crippen LogP contribution >= 0.6 is 0 Å². The van der Waals surface area contributed by atoms with Crippen molar-refractivity contribution >= 4 is 5.78 Å². The molecule has 1 aromatic rings. The maximum absolute atomic E-state index is 13.1. The van der Waals surface area contributed by atoms with E-state index < -0.39 is 22.8 Å². The van der Waals surface area contributed by atoms with Gasteiger partial charge < -0.3 is 4.74 Å². The van der Waals surface area contributed by atoms with Crippen molar-refractivity contribution in [2.75, 3.05) is 6.61 Å². The van der Waals surface area contributed by atoms with Gasteiger partial charge in [-0.1, -0.05) is 26.8 Å². The molecule has 1 aromatic carbocycles. The summed E-state index contributed by atoms with van der Waals surface area (Å²) in [5, 5.41) is 0. The first-order valence-electron chi connectivity index (χ1n) is 4.92. The average molecular weight is 228 g/mol. The number of para-hydroxylation sites is 1. The van der Waals surface area contributed by atoms with E-state index in [1.54, 1.807) is 20.8 Å². The van der Waals surface area contributed by atoms with Crippen molar-refractivity contribution in [3.8, 4) is 5.75 Å². The van der Waals surface area contributed by atoms with E-state index in [2.05, 4.69) is 0 Å². The van der Waals surface area contributed by atoms with Gasteiger partial charge in [-0.2, -0.15) is 0 Å². The Hall–Kier alpha value is -1.45. The molecule has 0 atom stereocenters. The fraction of sp³-hybridized carbons (Fsp3) is 0.417. The number of benzene rings is 1. The van der Waals surface area contributed by atoms with Crippen LogP contribution in [-0.4, -0.2) is 12.4 Å². The van der Waals surface area contributed by atoms with Gasteiger partial charge in [0.05, 0.1) is 0 Å². The molecule has 0 aliphatic carbocycles. The number of halogens is 2. The van der Waals surface area contributed by atoms with Gasteiger partial charge in [-0.3, -0.25) is 4.79 Å². The van der Waals surface area contributed by atoms with Gasteiger partial charge in [0.2, 0.25) is 0 Å². The second-order valence-electron chi connectivity index (χ2n) is 4.51. The number of ketones is 1. The zero-order valence-corrected chi connectivity index (χ0v) is 9.51. The van der Waals surface area contributed by atoms with Crippen molar-refractivity contribution in [2.45, 2.75) is 20.8 Å². The zero-order valence-electron chi connectivity index (χ0n) is 9.51. The monoisotopic (exact) mass is 228 g/mol. The minimum atomic E-state index is -0.804. The Kier molecular flexibility index (Phi) is 3.62. The molecule has 0 bridgehead atoms. The second kappa shape index (κ2) is 4.60. The molecular weight excluding hydrogens is 214 g/mol. The first-order chi connectivity index (χ1) is 7.32. The number of carbonyl (C=O) groups is 1. The van der Waals surface area contributed by atoms with Crippen LogP contribution in [-0.2, 0) is 4.79 Å². The van der Waals surface area contributed by atoms with Crippen molar-refractivity contribution in [1.29, 1.82) is 0 Å². The van der Waals surface area contributed by atoms with E-state index in [1.165, 1.54) is 6.07 Å². The number of carbonyl (C=O) groups excluding carboxylic acids is 1. The predicted molar refractivity (Wildman–Crippen MR) is 56.3 cm³/mol. The molecule has 0 saturated carbocycles. The van der Waals surface area contributed by atoms with Crippen molar-refractivity contribution in [2.24, 2.45) is 5.41 Å². The molecule has 0 N–H and O–H groups in total. The summed E-state index contributed by atoms with van der Waals surface area (Å²) >= 11 is 0. The van der Waals surface area contributed by atoms with E-state index in [0.29, 0.717) is 0 Å². The summed E-state index contributed by atoms with van der Waals surface area (Å²) in [6.07, 6.45) is 0. The van der Waals surface area contributed by atoms with E-state index in [0.717, 1.165) is 12.1 Å². The van der Waals surface area contributed by atoms with Gasteiger partial charge in [0.1, 0.15) is 6.61 Å². The van der Waals surface area contributed by atoms with Crippen LogP contribution in [0.15, 0.2) is 18.2 Å². The van der Waals surface area contributed by atoms with Crippen molar-refractivity contribution in [1.82, 2.24) is 0 Å². The molecule has 0 unspecified atom stereocenters. The molecule has 0 aliphatic heterocycles. The normalized spacial score (nSPS) is 11.3. The highest BCUT2D eigenvalue weighted by atomic mass is 19.1. The van der Waals surface area contributed by atoms with Gasteiger partial charge in [0.15, 0.2) is 23.2 Å². The summed E-state index contributed by atoms with van der Waals surface area (Å²) < 4.78 is 31.1. The first kappa shape index (κ1) is 12.6. The van der Waals surface area contributed by atoms with Crippen molar-refractivity contribution in [3.05, 3.63) is 29.8 Å². The molecular formula is C12H14F2O2. The molecule has 0 aliphatic rings. The third-order valence-electron chi connectivity index (χ3n) is 2.10. The van der Waals surface area contributed by atoms with E-state index in [1.807, 2.05) is 0 Å². The number of Topliss-reactive ketones (excluding diaryl/α,β-unsaturated/α-hetero) is 1. The molecule has 0 radical (unpaired) electrons. The number of ether oxygens (including phenoxy) is 1. The number of hydrogen-bond acceptors (Lipinski definition) is 2. The van der Waals surface area contributed by atoms with Gasteiger partial charge in [-0.05, 0) is 12.1 Å². The smallest absolute Gasteiger partial charge is 0.191 e. The number of hydrogen-bond donors (Lipinski definition) is 0. The Morgan fingerprint density at radius 1 is 1.25 bits per heavy atom. The molecule has 0 aromatic heterocycles. The van der Waals surface area contributed by atoms with E-state index in [4.69, 9.17) is 4.74 Å². The fourth-order valence-corrected chi connectivity index (χ4v) is 0.975. The van der Waals surface area contributed by atoms with Crippen LogP contribution in [0.25, 0.3) is 0 Å². The van der Waals surface area contributed by atoms with Crippen LogP contribution in [0.3, 0.4) is 0 Å². The summed E-state index contributed by atoms with van der Waals surface area (Å²) in [6.45, 7) is 4.82. The minimum Gasteiger partial charge on any atom is -0.480 e. The van der Waals surface area contributed by atoms with Crippen LogP contribution in [0.5, 0.6) is 5.75 Å². The standard InChI is InChI=1S/C12H14F2O2/c1-12(2,3)10(15)7-16-11-8(13)5-4-6-9(11)14/h4-6H,7H2,1-3H3. The topological polar surface area (TPSA) is 26.3 Å². The van der Waals surface area contributed by atoms with Gasteiger partial charge in [0, 0.05) is 5.41 Å². The maximum atomic E-state index is 13.1. The van der Waals surface area contributed by atoms with Crippen LogP contribution in [0, 0.1) is 17.0 Å². The second-order valence-corrected chi connectivity index (χ2v) is 4.51. The van der Waals surface area contributed by atoms with Gasteiger partial charge in [0.25, 0.3) is 0 Å². The van der Waals surface area contributed by atoms with Crippen LogP contribution in [0.1, 0.15) is 20.8 Å². The third kappa shape index (κ3) is 3.02. The Labute approximate surface area is 93.2 Å². The summed E-state index contributed by atoms with van der Waals surface area (Å²) in [6, 6.07) is 3.41. The van der Waals surface area contributed by atoms with Gasteiger partial charge in [-0.25, -0.2) is 8.78 Å². The first-order valence-corrected chi connectivity index (χ1v) is 4.92. The van der Waals surface area contributed by atoms with E-state index in [-0.39, 0.29) is 12.4 Å². The maximum Gasteiger partial charge on any atom is 0.191 e. The van der Waals surface area contributed by atoms with Crippen LogP contribution in [0.4, 0.5) is 8.78 Å². The Morgan fingerprint density at radius 3 is 2.19 bits per heavy atom. The Bertz CT molecular complexity index is 374. The summed E-state index contributed by atoms with van der Waals surface area (Å²) in [7, 11) is 0. The molecule has 0 fully saturated rings. The summed E-state index contributed by atoms with van der Waals surface area (Å²) in [5.41, 5.74) is -0.582. The van der Waals surface area contributed by atoms with Crippen molar-refractivity contribution in [3.63, 3.8) is 0 Å². The Morgan fingerprint density at radius 2 is 1.75 bits per heavy atom. The summed E-state index contributed by atoms with van der Waals surface area (Å²) in [5.74, 6) is -2.32. The quantitative estimate of drug-likeness (QED) is 0.795. The molecule has 4 heteroatoms. The summed E-state index contributed by atoms with van der Waals surface area (Å²) in [4.78, 5) is 11.5. The lowest BCUT2D eigenvalue weighted by Gasteiger charge is -2.17. The lowest BCUT2D eigenvalue weighted by Crippen LogP contribution is -2.26. The largest absolute Gasteiger partial charge is 0.480 e. The zero-order chi connectivity index (χ0) is 12.3. The van der Waals surface area contributed by atoms with Gasteiger partial charge in [-0.15, -0.1) is 0 Å². The van der Waals surface area contributed by atoms with Crippen LogP contribution < -0.4 is 4.74 Å². The molecule has 16 heavy (non-hydrogen) atoms. The molecule has 0 spiro atoms. The molecule has 2 nitrogen and oxygen atoms in total. The highest BCUT2D eigenvalue weighted by Crippen LogP contribution is 2.22. The number of rotatable bonds is 3. The minimum absolute atomic E-state index is 0.213. The SMILES string of the molecule is CC(C)(C)C(=O)COc1c(F)cccc1F. The fourth-order valence-electron chi connectivity index (χ4n) is 0.975. The van der Waals surface area contributed by atoms with Crippen molar-refractivity contribution < 1.29 is 18.3 Å².